The fourth-order valence-corrected chi connectivity index (χ4v) is 2.48. The van der Waals surface area contributed by atoms with E-state index in [4.69, 9.17) is 5.73 Å². The Morgan fingerprint density at radius 2 is 2.12 bits per heavy atom. The van der Waals surface area contributed by atoms with Crippen molar-refractivity contribution in [1.82, 2.24) is 4.98 Å². The third-order valence-corrected chi connectivity index (χ3v) is 3.48. The van der Waals surface area contributed by atoms with Crippen LogP contribution in [-0.4, -0.2) is 4.98 Å². The third-order valence-electron chi connectivity index (χ3n) is 2.50. The van der Waals surface area contributed by atoms with Crippen molar-refractivity contribution >= 4 is 16.5 Å². The van der Waals surface area contributed by atoms with Gasteiger partial charge in [0.1, 0.15) is 5.82 Å². The summed E-state index contributed by atoms with van der Waals surface area (Å²) < 4.78 is 13.1. The molecule has 0 aliphatic carbocycles. The smallest absolute Gasteiger partial charge is 0.180 e. The van der Waals surface area contributed by atoms with Gasteiger partial charge in [-0.05, 0) is 31.0 Å². The standard InChI is InChI=1S/C12H13FN2S/c1-7-5-9(3-4-10(7)13)6-11-8(2)15-12(14)16-11/h3-5H,6H2,1-2H3,(H2,14,15). The predicted molar refractivity (Wildman–Crippen MR) is 65.2 cm³/mol. The molecule has 16 heavy (non-hydrogen) atoms. The lowest BCUT2D eigenvalue weighted by atomic mass is 10.1. The molecule has 0 saturated carbocycles. The second-order valence-corrected chi connectivity index (χ2v) is 4.94. The predicted octanol–water partition coefficient (Wildman–Crippen LogP) is 3.07. The van der Waals surface area contributed by atoms with E-state index in [-0.39, 0.29) is 5.82 Å². The molecule has 0 fully saturated rings. The van der Waals surface area contributed by atoms with Crippen LogP contribution in [0.15, 0.2) is 18.2 Å². The molecule has 0 atom stereocenters. The summed E-state index contributed by atoms with van der Waals surface area (Å²) in [7, 11) is 0. The zero-order valence-electron chi connectivity index (χ0n) is 9.25. The Hall–Kier alpha value is -1.42. The zero-order valence-corrected chi connectivity index (χ0v) is 10.1. The van der Waals surface area contributed by atoms with E-state index in [1.54, 1.807) is 13.0 Å². The quantitative estimate of drug-likeness (QED) is 0.870. The van der Waals surface area contributed by atoms with Crippen LogP contribution in [-0.2, 0) is 6.42 Å². The van der Waals surface area contributed by atoms with Crippen LogP contribution in [0.3, 0.4) is 0 Å². The average Bonchev–Trinajstić information content (AvgIpc) is 2.51. The lowest BCUT2D eigenvalue weighted by Gasteiger charge is -2.02. The number of hydrogen-bond donors (Lipinski definition) is 1. The Morgan fingerprint density at radius 3 is 2.69 bits per heavy atom. The third kappa shape index (κ3) is 2.22. The summed E-state index contributed by atoms with van der Waals surface area (Å²) in [5.41, 5.74) is 8.36. The molecule has 1 heterocycles. The Morgan fingerprint density at radius 1 is 1.38 bits per heavy atom. The molecule has 0 aliphatic heterocycles. The van der Waals surface area contributed by atoms with E-state index in [1.165, 1.54) is 17.4 Å². The summed E-state index contributed by atoms with van der Waals surface area (Å²) in [4.78, 5) is 5.31. The number of hydrogen-bond acceptors (Lipinski definition) is 3. The van der Waals surface area contributed by atoms with Gasteiger partial charge in [-0.1, -0.05) is 12.1 Å². The molecule has 2 N–H and O–H groups in total. The fourth-order valence-electron chi connectivity index (χ4n) is 1.62. The molecule has 0 amide bonds. The van der Waals surface area contributed by atoms with Gasteiger partial charge in [-0.3, -0.25) is 0 Å². The molecule has 2 rings (SSSR count). The maximum atomic E-state index is 13.1. The topological polar surface area (TPSA) is 38.9 Å². The monoisotopic (exact) mass is 236 g/mol. The average molecular weight is 236 g/mol. The van der Waals surface area contributed by atoms with E-state index in [9.17, 15) is 4.39 Å². The number of aryl methyl sites for hydroxylation is 2. The highest BCUT2D eigenvalue weighted by molar-refractivity contribution is 7.15. The van der Waals surface area contributed by atoms with E-state index < -0.39 is 0 Å². The molecule has 2 aromatic rings. The number of nitrogen functional groups attached to an aromatic ring is 1. The van der Waals surface area contributed by atoms with E-state index in [1.807, 2.05) is 13.0 Å². The summed E-state index contributed by atoms with van der Waals surface area (Å²) in [6, 6.07) is 5.17. The maximum absolute atomic E-state index is 13.1. The molecule has 0 unspecified atom stereocenters. The van der Waals surface area contributed by atoms with Crippen LogP contribution < -0.4 is 5.73 Å². The number of benzene rings is 1. The number of nitrogens with zero attached hydrogens (tertiary/aromatic N) is 1. The Labute approximate surface area is 97.9 Å². The highest BCUT2D eigenvalue weighted by Gasteiger charge is 2.07. The highest BCUT2D eigenvalue weighted by Crippen LogP contribution is 2.23. The molecular formula is C12H13FN2S. The molecule has 0 spiro atoms. The molecular weight excluding hydrogens is 223 g/mol. The molecule has 84 valence electrons. The summed E-state index contributed by atoms with van der Waals surface area (Å²) in [5, 5.41) is 0.589. The largest absolute Gasteiger partial charge is 0.375 e. The van der Waals surface area contributed by atoms with Crippen LogP contribution in [0.2, 0.25) is 0 Å². The Bertz CT molecular complexity index is 520. The first-order chi connectivity index (χ1) is 7.56. The van der Waals surface area contributed by atoms with Crippen LogP contribution in [0.4, 0.5) is 9.52 Å². The van der Waals surface area contributed by atoms with E-state index >= 15 is 0 Å². The molecule has 4 heteroatoms. The Kier molecular flexibility index (Phi) is 2.92. The lowest BCUT2D eigenvalue weighted by molar-refractivity contribution is 0.618. The van der Waals surface area contributed by atoms with Crippen LogP contribution in [0.5, 0.6) is 0 Å². The number of rotatable bonds is 2. The van der Waals surface area contributed by atoms with Gasteiger partial charge >= 0.3 is 0 Å². The van der Waals surface area contributed by atoms with Crippen LogP contribution in [0, 0.1) is 19.7 Å². The second kappa shape index (κ2) is 4.22. The minimum Gasteiger partial charge on any atom is -0.375 e. The van der Waals surface area contributed by atoms with Crippen LogP contribution >= 0.6 is 11.3 Å². The van der Waals surface area contributed by atoms with Crippen molar-refractivity contribution in [2.45, 2.75) is 20.3 Å². The van der Waals surface area contributed by atoms with Gasteiger partial charge in [-0.25, -0.2) is 9.37 Å². The number of thiazole rings is 1. The molecule has 1 aromatic heterocycles. The van der Waals surface area contributed by atoms with Gasteiger partial charge in [-0.2, -0.15) is 0 Å². The van der Waals surface area contributed by atoms with Crippen molar-refractivity contribution < 1.29 is 4.39 Å². The van der Waals surface area contributed by atoms with Crippen LogP contribution in [0.25, 0.3) is 0 Å². The van der Waals surface area contributed by atoms with Crippen molar-refractivity contribution in [3.8, 4) is 0 Å². The normalized spacial score (nSPS) is 10.7. The second-order valence-electron chi connectivity index (χ2n) is 3.82. The molecule has 1 aromatic carbocycles. The van der Waals surface area contributed by atoms with Gasteiger partial charge in [0.2, 0.25) is 0 Å². The molecule has 0 bridgehead atoms. The minimum absolute atomic E-state index is 0.163. The fraction of sp³-hybridized carbons (Fsp3) is 0.250. The van der Waals surface area contributed by atoms with E-state index in [0.29, 0.717) is 10.7 Å². The van der Waals surface area contributed by atoms with Gasteiger partial charge in [0.05, 0.1) is 5.69 Å². The molecule has 0 radical (unpaired) electrons. The summed E-state index contributed by atoms with van der Waals surface area (Å²) in [6.45, 7) is 3.71. The zero-order chi connectivity index (χ0) is 11.7. The van der Waals surface area contributed by atoms with Crippen molar-refractivity contribution in [1.29, 1.82) is 0 Å². The van der Waals surface area contributed by atoms with Crippen molar-refractivity contribution in [2.24, 2.45) is 0 Å². The van der Waals surface area contributed by atoms with E-state index in [0.717, 1.165) is 22.6 Å². The van der Waals surface area contributed by atoms with Gasteiger partial charge in [0.15, 0.2) is 5.13 Å². The van der Waals surface area contributed by atoms with Crippen molar-refractivity contribution in [3.63, 3.8) is 0 Å². The van der Waals surface area contributed by atoms with Gasteiger partial charge in [0.25, 0.3) is 0 Å². The molecule has 0 aliphatic rings. The first-order valence-electron chi connectivity index (χ1n) is 5.03. The maximum Gasteiger partial charge on any atom is 0.180 e. The number of anilines is 1. The first kappa shape index (κ1) is 11.1. The minimum atomic E-state index is -0.163. The summed E-state index contributed by atoms with van der Waals surface area (Å²) >= 11 is 1.49. The summed E-state index contributed by atoms with van der Waals surface area (Å²) in [6.07, 6.45) is 0.766. The first-order valence-corrected chi connectivity index (χ1v) is 5.84. The highest BCUT2D eigenvalue weighted by atomic mass is 32.1. The van der Waals surface area contributed by atoms with Crippen molar-refractivity contribution in [2.75, 3.05) is 5.73 Å². The number of nitrogens with two attached hydrogens (primary N) is 1. The SMILES string of the molecule is Cc1cc(Cc2sc(N)nc2C)ccc1F. The van der Waals surface area contributed by atoms with Gasteiger partial charge < -0.3 is 5.73 Å². The number of aromatic nitrogens is 1. The molecule has 0 saturated heterocycles. The van der Waals surface area contributed by atoms with Gasteiger partial charge in [0, 0.05) is 11.3 Å². The molecule has 2 nitrogen and oxygen atoms in total. The summed E-state index contributed by atoms with van der Waals surface area (Å²) in [5.74, 6) is -0.163. The van der Waals surface area contributed by atoms with Crippen molar-refractivity contribution in [3.05, 3.63) is 45.7 Å². The lowest BCUT2D eigenvalue weighted by Crippen LogP contribution is -1.90. The Balaban J connectivity index is 2.27. The van der Waals surface area contributed by atoms with Crippen LogP contribution in [0.1, 0.15) is 21.7 Å². The number of halogens is 1. The van der Waals surface area contributed by atoms with E-state index in [2.05, 4.69) is 4.98 Å². The van der Waals surface area contributed by atoms with Gasteiger partial charge in [-0.15, -0.1) is 11.3 Å².